The van der Waals surface area contributed by atoms with E-state index in [9.17, 15) is 8.42 Å². The zero-order chi connectivity index (χ0) is 17.4. The van der Waals surface area contributed by atoms with Gasteiger partial charge in [-0.25, -0.2) is 8.42 Å². The molecule has 2 rings (SSSR count). The lowest BCUT2D eigenvalue weighted by Crippen LogP contribution is -2.24. The van der Waals surface area contributed by atoms with Crippen LogP contribution in [0.1, 0.15) is 11.1 Å². The average Bonchev–Trinajstić information content (AvgIpc) is 2.56. The maximum Gasteiger partial charge on any atom is 0.241 e. The van der Waals surface area contributed by atoms with Gasteiger partial charge in [0.1, 0.15) is 0 Å². The third-order valence-electron chi connectivity index (χ3n) is 3.45. The molecule has 0 aliphatic rings. The first kappa shape index (κ1) is 18.2. The van der Waals surface area contributed by atoms with E-state index in [-0.39, 0.29) is 11.4 Å². The summed E-state index contributed by atoms with van der Waals surface area (Å²) >= 11 is 0. The van der Waals surface area contributed by atoms with Gasteiger partial charge in [-0.15, -0.1) is 0 Å². The number of hydrogen-bond donors (Lipinski definition) is 1. The molecule has 1 N–H and O–H groups in total. The lowest BCUT2D eigenvalue weighted by molar-refractivity contribution is 0.369. The fraction of sp³-hybridized carbons (Fsp3) is 0.263. The molecule has 2 aromatic carbocycles. The Hall–Kier alpha value is -2.13. The molecule has 2 aromatic rings. The minimum Gasteiger partial charge on any atom is -0.291 e. The van der Waals surface area contributed by atoms with Crippen molar-refractivity contribution in [2.24, 2.45) is 0 Å². The largest absolute Gasteiger partial charge is 0.291 e. The van der Waals surface area contributed by atoms with Crippen molar-refractivity contribution < 1.29 is 8.42 Å². The number of nitrogens with zero attached hydrogens (tertiary/aromatic N) is 1. The number of nitrogens with one attached hydrogen (secondary N) is 1. The number of rotatable bonds is 6. The summed E-state index contributed by atoms with van der Waals surface area (Å²) in [6.45, 7) is 3.42. The monoisotopic (exact) mass is 342 g/mol. The second-order valence-corrected chi connectivity index (χ2v) is 7.42. The lowest BCUT2D eigenvalue weighted by atomic mass is 10.2. The normalized spacial score (nSPS) is 11.1. The van der Waals surface area contributed by atoms with Crippen LogP contribution in [0.15, 0.2) is 59.5 Å². The number of benzene rings is 2. The average molecular weight is 342 g/mol. The van der Waals surface area contributed by atoms with Gasteiger partial charge in [-0.1, -0.05) is 59.9 Å². The molecule has 0 heterocycles. The number of hydrogen-bond acceptors (Lipinski definition) is 3. The van der Waals surface area contributed by atoms with Crippen LogP contribution in [0.5, 0.6) is 0 Å². The van der Waals surface area contributed by atoms with E-state index in [1.54, 1.807) is 24.3 Å². The first-order valence-electron chi connectivity index (χ1n) is 7.72. The Kier molecular flexibility index (Phi) is 6.56. The van der Waals surface area contributed by atoms with E-state index in [2.05, 4.69) is 33.6 Å². The summed E-state index contributed by atoms with van der Waals surface area (Å²) in [6, 6.07) is 16.9. The van der Waals surface area contributed by atoms with E-state index in [0.717, 1.165) is 12.1 Å². The lowest BCUT2D eigenvalue weighted by Gasteiger charge is -2.12. The summed E-state index contributed by atoms with van der Waals surface area (Å²) in [5.74, 6) is 5.84. The highest BCUT2D eigenvalue weighted by atomic mass is 32.2. The molecule has 0 unspecified atom stereocenters. The smallest absolute Gasteiger partial charge is 0.241 e. The van der Waals surface area contributed by atoms with Crippen molar-refractivity contribution in [3.05, 3.63) is 65.7 Å². The highest BCUT2D eigenvalue weighted by molar-refractivity contribution is 7.89. The van der Waals surface area contributed by atoms with E-state index in [1.165, 1.54) is 5.56 Å². The molecule has 0 aliphatic carbocycles. The summed E-state index contributed by atoms with van der Waals surface area (Å²) in [6.07, 6.45) is 0. The predicted molar refractivity (Wildman–Crippen MR) is 96.9 cm³/mol. The molecular weight excluding hydrogens is 320 g/mol. The van der Waals surface area contributed by atoms with Crippen LogP contribution in [0.25, 0.3) is 0 Å². The third kappa shape index (κ3) is 5.82. The molecule has 4 nitrogen and oxygen atoms in total. The van der Waals surface area contributed by atoms with E-state index >= 15 is 0 Å². The molecule has 0 saturated carbocycles. The van der Waals surface area contributed by atoms with Crippen LogP contribution in [0.4, 0.5) is 0 Å². The van der Waals surface area contributed by atoms with Gasteiger partial charge < -0.3 is 0 Å². The fourth-order valence-electron chi connectivity index (χ4n) is 2.14. The van der Waals surface area contributed by atoms with Gasteiger partial charge in [-0.3, -0.25) is 4.90 Å². The highest BCUT2D eigenvalue weighted by Crippen LogP contribution is 2.09. The van der Waals surface area contributed by atoms with Crippen LogP contribution in [-0.4, -0.2) is 33.5 Å². The molecule has 0 aliphatic heterocycles. The second-order valence-electron chi connectivity index (χ2n) is 5.65. The van der Waals surface area contributed by atoms with E-state index in [4.69, 9.17) is 0 Å². The topological polar surface area (TPSA) is 49.4 Å². The minimum atomic E-state index is -3.49. The molecule has 0 spiro atoms. The van der Waals surface area contributed by atoms with Crippen LogP contribution in [0.3, 0.4) is 0 Å². The Morgan fingerprint density at radius 1 is 1.00 bits per heavy atom. The van der Waals surface area contributed by atoms with Gasteiger partial charge in [0.15, 0.2) is 0 Å². The van der Waals surface area contributed by atoms with Crippen molar-refractivity contribution in [2.45, 2.75) is 18.4 Å². The van der Waals surface area contributed by atoms with E-state index in [0.29, 0.717) is 6.54 Å². The maximum atomic E-state index is 12.1. The van der Waals surface area contributed by atoms with Crippen molar-refractivity contribution >= 4 is 10.0 Å². The van der Waals surface area contributed by atoms with Gasteiger partial charge in [0.2, 0.25) is 10.0 Å². The van der Waals surface area contributed by atoms with E-state index in [1.807, 2.05) is 32.2 Å². The van der Waals surface area contributed by atoms with Crippen LogP contribution >= 0.6 is 0 Å². The predicted octanol–water partition coefficient (Wildman–Crippen LogP) is 2.41. The molecular formula is C19H22N2O2S. The molecule has 5 heteroatoms. The highest BCUT2D eigenvalue weighted by Gasteiger charge is 2.11. The van der Waals surface area contributed by atoms with Crippen molar-refractivity contribution in [3.8, 4) is 11.8 Å². The van der Waals surface area contributed by atoms with Gasteiger partial charge in [-0.05, 0) is 31.7 Å². The summed E-state index contributed by atoms with van der Waals surface area (Å²) < 4.78 is 26.7. The van der Waals surface area contributed by atoms with Gasteiger partial charge >= 0.3 is 0 Å². The summed E-state index contributed by atoms with van der Waals surface area (Å²) in [5, 5.41) is 0. The quantitative estimate of drug-likeness (QED) is 0.820. The Bertz CT molecular complexity index is 804. The van der Waals surface area contributed by atoms with Crippen LogP contribution < -0.4 is 4.72 Å². The zero-order valence-electron chi connectivity index (χ0n) is 14.0. The molecule has 0 fully saturated rings. The second kappa shape index (κ2) is 8.65. The Balaban J connectivity index is 1.80. The first-order chi connectivity index (χ1) is 11.5. The Morgan fingerprint density at radius 3 is 2.33 bits per heavy atom. The minimum absolute atomic E-state index is 0.107. The first-order valence-corrected chi connectivity index (χ1v) is 9.20. The third-order valence-corrected chi connectivity index (χ3v) is 4.87. The van der Waals surface area contributed by atoms with Crippen molar-refractivity contribution in [1.82, 2.24) is 9.62 Å². The summed E-state index contributed by atoms with van der Waals surface area (Å²) in [4.78, 5) is 2.34. The fourth-order valence-corrected chi connectivity index (χ4v) is 3.06. The Morgan fingerprint density at radius 2 is 1.67 bits per heavy atom. The van der Waals surface area contributed by atoms with Crippen LogP contribution in [0.2, 0.25) is 0 Å². The molecule has 0 radical (unpaired) electrons. The molecule has 24 heavy (non-hydrogen) atoms. The van der Waals surface area contributed by atoms with Gasteiger partial charge in [0.25, 0.3) is 0 Å². The van der Waals surface area contributed by atoms with Crippen molar-refractivity contribution in [1.29, 1.82) is 0 Å². The van der Waals surface area contributed by atoms with Crippen molar-refractivity contribution in [2.75, 3.05) is 20.1 Å². The molecule has 0 saturated heterocycles. The molecule has 0 bridgehead atoms. The summed E-state index contributed by atoms with van der Waals surface area (Å²) in [7, 11) is -1.51. The van der Waals surface area contributed by atoms with Gasteiger partial charge in [-0.2, -0.15) is 4.72 Å². The van der Waals surface area contributed by atoms with Gasteiger partial charge in [0.05, 0.1) is 18.0 Å². The molecule has 0 aromatic heterocycles. The van der Waals surface area contributed by atoms with Crippen molar-refractivity contribution in [3.63, 3.8) is 0 Å². The van der Waals surface area contributed by atoms with Crippen LogP contribution in [0, 0.1) is 18.8 Å². The van der Waals surface area contributed by atoms with Gasteiger partial charge in [0, 0.05) is 6.54 Å². The van der Waals surface area contributed by atoms with E-state index < -0.39 is 10.0 Å². The standard InChI is InChI=1S/C19H22N2O2S/c1-17-10-12-19(13-11-17)24(22,23)20-14-6-7-15-21(2)16-18-8-4-3-5-9-18/h3-5,8-13,20H,14-16H2,1-2H3. The zero-order valence-corrected chi connectivity index (χ0v) is 14.8. The van der Waals surface area contributed by atoms with Crippen LogP contribution in [-0.2, 0) is 16.6 Å². The Labute approximate surface area is 144 Å². The number of aryl methyl sites for hydroxylation is 1. The summed E-state index contributed by atoms with van der Waals surface area (Å²) in [5.41, 5.74) is 2.25. The molecule has 0 amide bonds. The molecule has 126 valence electrons. The number of sulfonamides is 1. The SMILES string of the molecule is Cc1ccc(S(=O)(=O)NCC#CCN(C)Cc2ccccc2)cc1. The molecule has 0 atom stereocenters. The maximum absolute atomic E-state index is 12.1.